The van der Waals surface area contributed by atoms with Crippen LogP contribution in [0.5, 0.6) is 0 Å². The molecule has 2 N–H and O–H groups in total. The van der Waals surface area contributed by atoms with E-state index in [9.17, 15) is 18.8 Å². The third kappa shape index (κ3) is 4.71. The zero-order chi connectivity index (χ0) is 21.7. The number of halogens is 1. The summed E-state index contributed by atoms with van der Waals surface area (Å²) in [7, 11) is 1.41. The number of H-pyrrole nitrogens is 1. The van der Waals surface area contributed by atoms with Gasteiger partial charge in [0.05, 0.1) is 12.9 Å². The number of benzene rings is 1. The van der Waals surface area contributed by atoms with E-state index in [0.717, 1.165) is 5.69 Å². The van der Waals surface area contributed by atoms with Crippen LogP contribution < -0.4 is 10.9 Å². The van der Waals surface area contributed by atoms with Crippen LogP contribution in [0.1, 0.15) is 50.4 Å². The fourth-order valence-corrected chi connectivity index (χ4v) is 3.22. The number of rotatable bonds is 8. The maximum atomic E-state index is 14.4. The van der Waals surface area contributed by atoms with E-state index >= 15 is 0 Å². The van der Waals surface area contributed by atoms with Gasteiger partial charge in [-0.25, -0.2) is 9.37 Å². The molecule has 0 fully saturated rings. The second-order valence-corrected chi connectivity index (χ2v) is 7.06. The maximum absolute atomic E-state index is 14.4. The molecule has 0 saturated heterocycles. The van der Waals surface area contributed by atoms with Gasteiger partial charge in [0.1, 0.15) is 11.4 Å². The number of aromatic nitrogens is 3. The summed E-state index contributed by atoms with van der Waals surface area (Å²) >= 11 is 0. The fourth-order valence-electron chi connectivity index (χ4n) is 3.22. The third-order valence-electron chi connectivity index (χ3n) is 4.90. The Balaban J connectivity index is 1.90. The number of pyridine rings is 1. The van der Waals surface area contributed by atoms with E-state index in [1.165, 1.54) is 23.9 Å². The summed E-state index contributed by atoms with van der Waals surface area (Å²) in [5, 5.41) is 2.41. The van der Waals surface area contributed by atoms with Gasteiger partial charge in [0, 0.05) is 42.7 Å². The zero-order valence-corrected chi connectivity index (χ0v) is 16.9. The smallest absolute Gasteiger partial charge is 0.263 e. The SMILES string of the molecule is CNC(=O)c1cc(C(=O)CCCc2cnc[nH]2)cn(Cc2cccc(C)c2F)c1=O. The molecule has 0 unspecified atom stereocenters. The van der Waals surface area contributed by atoms with Crippen LogP contribution in [0.3, 0.4) is 0 Å². The van der Waals surface area contributed by atoms with Crippen LogP contribution in [-0.4, -0.2) is 33.3 Å². The van der Waals surface area contributed by atoms with E-state index < -0.39 is 17.3 Å². The van der Waals surface area contributed by atoms with E-state index in [-0.39, 0.29) is 29.9 Å². The van der Waals surface area contributed by atoms with Crippen LogP contribution in [0.4, 0.5) is 4.39 Å². The summed E-state index contributed by atoms with van der Waals surface area (Å²) in [5.74, 6) is -1.20. The molecular formula is C22H23FN4O3. The van der Waals surface area contributed by atoms with Crippen molar-refractivity contribution >= 4 is 11.7 Å². The first kappa shape index (κ1) is 21.2. The average Bonchev–Trinajstić information content (AvgIpc) is 3.25. The highest BCUT2D eigenvalue weighted by Gasteiger charge is 2.18. The van der Waals surface area contributed by atoms with Gasteiger partial charge in [-0.05, 0) is 31.4 Å². The number of hydrogen-bond acceptors (Lipinski definition) is 4. The van der Waals surface area contributed by atoms with E-state index in [0.29, 0.717) is 24.0 Å². The maximum Gasteiger partial charge on any atom is 0.263 e. The highest BCUT2D eigenvalue weighted by molar-refractivity contribution is 6.00. The van der Waals surface area contributed by atoms with E-state index in [4.69, 9.17) is 0 Å². The number of carbonyl (C=O) groups excluding carboxylic acids is 2. The van der Waals surface area contributed by atoms with E-state index in [1.54, 1.807) is 37.6 Å². The van der Waals surface area contributed by atoms with Crippen LogP contribution in [0.15, 0.2) is 47.8 Å². The number of aromatic amines is 1. The molecule has 156 valence electrons. The number of imidazole rings is 1. The Bertz CT molecular complexity index is 1120. The molecule has 3 aromatic rings. The van der Waals surface area contributed by atoms with Gasteiger partial charge in [-0.3, -0.25) is 14.4 Å². The van der Waals surface area contributed by atoms with Gasteiger partial charge in [0.15, 0.2) is 5.78 Å². The summed E-state index contributed by atoms with van der Waals surface area (Å²) in [4.78, 5) is 44.6. The van der Waals surface area contributed by atoms with Crippen LogP contribution in [0.2, 0.25) is 0 Å². The Labute approximate surface area is 173 Å². The Hall–Kier alpha value is -3.55. The van der Waals surface area contributed by atoms with Crippen LogP contribution >= 0.6 is 0 Å². The number of nitrogens with one attached hydrogen (secondary N) is 2. The van der Waals surface area contributed by atoms with Gasteiger partial charge in [0.25, 0.3) is 11.5 Å². The van der Waals surface area contributed by atoms with Crippen molar-refractivity contribution in [2.75, 3.05) is 7.05 Å². The summed E-state index contributed by atoms with van der Waals surface area (Å²) in [6, 6.07) is 6.22. The monoisotopic (exact) mass is 410 g/mol. The van der Waals surface area contributed by atoms with Crippen molar-refractivity contribution in [1.29, 1.82) is 0 Å². The number of Topliss-reactive ketones (excluding diaryl/α,β-unsaturated/α-hetero) is 1. The lowest BCUT2D eigenvalue weighted by molar-refractivity contribution is 0.0961. The largest absolute Gasteiger partial charge is 0.355 e. The predicted octanol–water partition coefficient (Wildman–Crippen LogP) is 2.63. The summed E-state index contributed by atoms with van der Waals surface area (Å²) in [6.45, 7) is 1.56. The van der Waals surface area contributed by atoms with E-state index in [2.05, 4.69) is 15.3 Å². The molecule has 0 radical (unpaired) electrons. The number of aryl methyl sites for hydroxylation is 2. The molecule has 0 atom stereocenters. The van der Waals surface area contributed by atoms with Gasteiger partial charge in [0.2, 0.25) is 0 Å². The molecule has 3 rings (SSSR count). The lowest BCUT2D eigenvalue weighted by Crippen LogP contribution is -2.32. The van der Waals surface area contributed by atoms with Crippen molar-refractivity contribution in [2.24, 2.45) is 0 Å². The van der Waals surface area contributed by atoms with Gasteiger partial charge in [-0.2, -0.15) is 0 Å². The minimum atomic E-state index is -0.592. The molecule has 7 nitrogen and oxygen atoms in total. The van der Waals surface area contributed by atoms with Gasteiger partial charge in [-0.1, -0.05) is 18.2 Å². The fraction of sp³-hybridized carbons (Fsp3) is 0.273. The molecule has 1 amide bonds. The van der Waals surface area contributed by atoms with Crippen LogP contribution in [0, 0.1) is 12.7 Å². The van der Waals surface area contributed by atoms with E-state index in [1.807, 2.05) is 0 Å². The van der Waals surface area contributed by atoms with Crippen molar-refractivity contribution in [3.63, 3.8) is 0 Å². The first-order chi connectivity index (χ1) is 14.4. The molecule has 2 aromatic heterocycles. The average molecular weight is 410 g/mol. The molecule has 0 bridgehead atoms. The highest BCUT2D eigenvalue weighted by atomic mass is 19.1. The molecule has 0 aliphatic carbocycles. The molecule has 0 saturated carbocycles. The third-order valence-corrected chi connectivity index (χ3v) is 4.90. The van der Waals surface area contributed by atoms with Crippen LogP contribution in [-0.2, 0) is 13.0 Å². The highest BCUT2D eigenvalue weighted by Crippen LogP contribution is 2.14. The molecular weight excluding hydrogens is 387 g/mol. The molecule has 0 aliphatic rings. The topological polar surface area (TPSA) is 96.8 Å². The van der Waals surface area contributed by atoms with Crippen LogP contribution in [0.25, 0.3) is 0 Å². The van der Waals surface area contributed by atoms with Gasteiger partial charge < -0.3 is 14.9 Å². The predicted molar refractivity (Wildman–Crippen MR) is 110 cm³/mol. The normalized spacial score (nSPS) is 10.8. The second-order valence-electron chi connectivity index (χ2n) is 7.06. The number of ketones is 1. The first-order valence-corrected chi connectivity index (χ1v) is 9.61. The van der Waals surface area contributed by atoms with Crippen molar-refractivity contribution < 1.29 is 14.0 Å². The second kappa shape index (κ2) is 9.30. The molecule has 30 heavy (non-hydrogen) atoms. The minimum absolute atomic E-state index is 0.0778. The Morgan fingerprint density at radius 3 is 2.80 bits per heavy atom. The molecule has 2 heterocycles. The Morgan fingerprint density at radius 2 is 2.10 bits per heavy atom. The van der Waals surface area contributed by atoms with Crippen molar-refractivity contribution in [3.05, 3.63) is 87.1 Å². The lowest BCUT2D eigenvalue weighted by atomic mass is 10.0. The Kier molecular flexibility index (Phi) is 6.56. The molecule has 1 aromatic carbocycles. The Morgan fingerprint density at radius 1 is 1.30 bits per heavy atom. The number of nitrogens with zero attached hydrogens (tertiary/aromatic N) is 2. The summed E-state index contributed by atoms with van der Waals surface area (Å²) in [6.07, 6.45) is 6.15. The summed E-state index contributed by atoms with van der Waals surface area (Å²) < 4.78 is 15.6. The first-order valence-electron chi connectivity index (χ1n) is 9.61. The lowest BCUT2D eigenvalue weighted by Gasteiger charge is -2.12. The van der Waals surface area contributed by atoms with Crippen molar-refractivity contribution in [2.45, 2.75) is 32.7 Å². The zero-order valence-electron chi connectivity index (χ0n) is 16.9. The van der Waals surface area contributed by atoms with Gasteiger partial charge in [-0.15, -0.1) is 0 Å². The number of carbonyl (C=O) groups is 2. The summed E-state index contributed by atoms with van der Waals surface area (Å²) in [5.41, 5.74) is 1.20. The minimum Gasteiger partial charge on any atom is -0.355 e. The number of hydrogen-bond donors (Lipinski definition) is 2. The van der Waals surface area contributed by atoms with Crippen molar-refractivity contribution in [1.82, 2.24) is 19.9 Å². The molecule has 0 spiro atoms. The standard InChI is InChI=1S/C22H23FN4O3/c1-14-5-3-6-15(20(14)23)11-27-12-16(9-18(22(27)30)21(29)24-2)19(28)8-4-7-17-10-25-13-26-17/h3,5-6,9-10,12-13H,4,7-8,11H2,1-2H3,(H,24,29)(H,25,26). The quantitative estimate of drug-likeness (QED) is 0.558. The molecule has 0 aliphatic heterocycles. The number of amides is 1. The van der Waals surface area contributed by atoms with Crippen molar-refractivity contribution in [3.8, 4) is 0 Å². The van der Waals surface area contributed by atoms with Gasteiger partial charge >= 0.3 is 0 Å². The molecule has 8 heteroatoms.